The second kappa shape index (κ2) is 3.75. The summed E-state index contributed by atoms with van der Waals surface area (Å²) in [5.41, 5.74) is 13.0. The number of anilines is 1. The molecule has 0 saturated carbocycles. The number of aromatic amines is 1. The van der Waals surface area contributed by atoms with Crippen molar-refractivity contribution in [2.24, 2.45) is 5.73 Å². The molecule has 5 nitrogen and oxygen atoms in total. The Hall–Kier alpha value is -1.62. The summed E-state index contributed by atoms with van der Waals surface area (Å²) in [6, 6.07) is 3.63. The molecule has 0 aliphatic rings. The second-order valence-electron chi connectivity index (χ2n) is 4.06. The molecule has 2 heterocycles. The maximum absolute atomic E-state index is 6.27. The van der Waals surface area contributed by atoms with Crippen LogP contribution in [0.3, 0.4) is 0 Å². The molecule has 5 N–H and O–H groups in total. The minimum absolute atomic E-state index is 0.407. The van der Waals surface area contributed by atoms with Crippen molar-refractivity contribution >= 4 is 17.0 Å². The molecule has 2 rings (SSSR count). The van der Waals surface area contributed by atoms with Gasteiger partial charge in [0.2, 0.25) is 0 Å². The lowest BCUT2D eigenvalue weighted by Gasteiger charge is -2.23. The Kier molecular flexibility index (Phi) is 2.55. The molecule has 0 radical (unpaired) electrons. The molecule has 86 valence electrons. The van der Waals surface area contributed by atoms with Crippen molar-refractivity contribution in [2.45, 2.75) is 32.2 Å². The van der Waals surface area contributed by atoms with Gasteiger partial charge in [-0.05, 0) is 25.0 Å². The van der Waals surface area contributed by atoms with E-state index in [-0.39, 0.29) is 0 Å². The molecule has 0 aliphatic heterocycles. The van der Waals surface area contributed by atoms with Crippen LogP contribution < -0.4 is 11.5 Å². The first-order chi connectivity index (χ1) is 7.59. The number of imidazole rings is 1. The van der Waals surface area contributed by atoms with Crippen LogP contribution >= 0.6 is 0 Å². The summed E-state index contributed by atoms with van der Waals surface area (Å²) in [4.78, 5) is 11.8. The van der Waals surface area contributed by atoms with E-state index in [9.17, 15) is 0 Å². The van der Waals surface area contributed by atoms with E-state index >= 15 is 0 Å². The van der Waals surface area contributed by atoms with E-state index in [2.05, 4.69) is 28.8 Å². The highest BCUT2D eigenvalue weighted by Gasteiger charge is 2.26. The number of aromatic nitrogens is 3. The van der Waals surface area contributed by atoms with E-state index in [1.165, 1.54) is 0 Å². The van der Waals surface area contributed by atoms with Gasteiger partial charge in [0.15, 0.2) is 5.65 Å². The van der Waals surface area contributed by atoms with Gasteiger partial charge in [0, 0.05) is 0 Å². The maximum atomic E-state index is 6.27. The number of hydrogen-bond donors (Lipinski definition) is 3. The Morgan fingerprint density at radius 3 is 2.56 bits per heavy atom. The summed E-state index contributed by atoms with van der Waals surface area (Å²) in [6.45, 7) is 4.11. The van der Waals surface area contributed by atoms with Gasteiger partial charge in [-0.25, -0.2) is 9.97 Å². The molecule has 0 aliphatic carbocycles. The van der Waals surface area contributed by atoms with Crippen LogP contribution in [0, 0.1) is 0 Å². The first-order valence-corrected chi connectivity index (χ1v) is 5.50. The molecule has 5 heteroatoms. The molecule has 0 fully saturated rings. The average Bonchev–Trinajstić information content (AvgIpc) is 2.71. The molecule has 2 aromatic heterocycles. The van der Waals surface area contributed by atoms with Gasteiger partial charge in [-0.2, -0.15) is 0 Å². The summed E-state index contributed by atoms with van der Waals surface area (Å²) in [5, 5.41) is 0. The van der Waals surface area contributed by atoms with Gasteiger partial charge in [0.25, 0.3) is 0 Å². The number of hydrogen-bond acceptors (Lipinski definition) is 4. The first-order valence-electron chi connectivity index (χ1n) is 5.50. The van der Waals surface area contributed by atoms with Crippen LogP contribution in [0.5, 0.6) is 0 Å². The fourth-order valence-corrected chi connectivity index (χ4v) is 1.73. The Bertz CT molecular complexity index is 498. The van der Waals surface area contributed by atoms with Crippen LogP contribution in [0.25, 0.3) is 11.2 Å². The van der Waals surface area contributed by atoms with E-state index in [4.69, 9.17) is 11.5 Å². The monoisotopic (exact) mass is 219 g/mol. The summed E-state index contributed by atoms with van der Waals surface area (Å²) in [5.74, 6) is 1.26. The molecule has 0 bridgehead atoms. The van der Waals surface area contributed by atoms with Crippen molar-refractivity contribution in [3.8, 4) is 0 Å². The number of fused-ring (bicyclic) bond motifs is 1. The Labute approximate surface area is 94.3 Å². The lowest BCUT2D eigenvalue weighted by atomic mass is 9.93. The van der Waals surface area contributed by atoms with Crippen molar-refractivity contribution in [1.82, 2.24) is 15.0 Å². The number of nitrogen functional groups attached to an aromatic ring is 1. The fraction of sp³-hybridized carbons (Fsp3) is 0.455. The maximum Gasteiger partial charge on any atom is 0.179 e. The fourth-order valence-electron chi connectivity index (χ4n) is 1.73. The second-order valence-corrected chi connectivity index (χ2v) is 4.06. The number of nitrogens with zero attached hydrogens (tertiary/aromatic N) is 2. The van der Waals surface area contributed by atoms with Gasteiger partial charge >= 0.3 is 0 Å². The van der Waals surface area contributed by atoms with Gasteiger partial charge in [-0.15, -0.1) is 0 Å². The van der Waals surface area contributed by atoms with Crippen LogP contribution in [0.1, 0.15) is 32.5 Å². The number of rotatable bonds is 3. The third kappa shape index (κ3) is 1.63. The first kappa shape index (κ1) is 10.9. The Morgan fingerprint density at radius 2 is 1.94 bits per heavy atom. The normalized spacial score (nSPS) is 12.2. The van der Waals surface area contributed by atoms with Crippen LogP contribution in [0.2, 0.25) is 0 Å². The lowest BCUT2D eigenvalue weighted by Crippen LogP contribution is -2.36. The van der Waals surface area contributed by atoms with Crippen LogP contribution in [-0.2, 0) is 5.54 Å². The minimum atomic E-state index is -0.407. The molecule has 16 heavy (non-hydrogen) atoms. The van der Waals surface area contributed by atoms with Crippen LogP contribution in [0.15, 0.2) is 12.1 Å². The minimum Gasteiger partial charge on any atom is -0.384 e. The molecular formula is C11H17N5. The summed E-state index contributed by atoms with van der Waals surface area (Å²) in [7, 11) is 0. The lowest BCUT2D eigenvalue weighted by molar-refractivity contribution is 0.391. The summed E-state index contributed by atoms with van der Waals surface area (Å²) in [6.07, 6.45) is 1.66. The quantitative estimate of drug-likeness (QED) is 0.729. The van der Waals surface area contributed by atoms with Gasteiger partial charge < -0.3 is 16.5 Å². The van der Waals surface area contributed by atoms with Crippen LogP contribution in [-0.4, -0.2) is 15.0 Å². The zero-order valence-corrected chi connectivity index (χ0v) is 9.62. The number of pyridine rings is 1. The van der Waals surface area contributed by atoms with Crippen molar-refractivity contribution in [2.75, 3.05) is 5.73 Å². The number of H-pyrrole nitrogens is 1. The van der Waals surface area contributed by atoms with Gasteiger partial charge in [0.1, 0.15) is 11.6 Å². The van der Waals surface area contributed by atoms with E-state index in [0.29, 0.717) is 11.5 Å². The number of nitrogens with two attached hydrogens (primary N) is 2. The van der Waals surface area contributed by atoms with Crippen molar-refractivity contribution in [3.05, 3.63) is 18.0 Å². The van der Waals surface area contributed by atoms with Gasteiger partial charge in [-0.3, -0.25) is 0 Å². The van der Waals surface area contributed by atoms with Crippen molar-refractivity contribution < 1.29 is 0 Å². The van der Waals surface area contributed by atoms with E-state index in [0.717, 1.165) is 24.2 Å². The Morgan fingerprint density at radius 1 is 1.25 bits per heavy atom. The van der Waals surface area contributed by atoms with Crippen LogP contribution in [0.4, 0.5) is 5.82 Å². The predicted molar refractivity (Wildman–Crippen MR) is 64.7 cm³/mol. The largest absolute Gasteiger partial charge is 0.384 e. The third-order valence-electron chi connectivity index (χ3n) is 3.10. The van der Waals surface area contributed by atoms with Gasteiger partial charge in [0.05, 0.1) is 11.1 Å². The van der Waals surface area contributed by atoms with Gasteiger partial charge in [-0.1, -0.05) is 13.8 Å². The topological polar surface area (TPSA) is 93.6 Å². The summed E-state index contributed by atoms with van der Waals surface area (Å²) < 4.78 is 0. The van der Waals surface area contributed by atoms with E-state index in [1.54, 1.807) is 6.07 Å². The average molecular weight is 219 g/mol. The van der Waals surface area contributed by atoms with E-state index in [1.807, 2.05) is 6.07 Å². The van der Waals surface area contributed by atoms with E-state index < -0.39 is 5.54 Å². The predicted octanol–water partition coefficient (Wildman–Crippen LogP) is 1.51. The zero-order valence-electron chi connectivity index (χ0n) is 9.62. The molecule has 2 aromatic rings. The third-order valence-corrected chi connectivity index (χ3v) is 3.10. The number of nitrogens with one attached hydrogen (secondary N) is 1. The molecule has 0 amide bonds. The summed E-state index contributed by atoms with van der Waals surface area (Å²) >= 11 is 0. The Balaban J connectivity index is 2.54. The molecule has 0 spiro atoms. The smallest absolute Gasteiger partial charge is 0.179 e. The standard InChI is InChI=1S/C11H17N5/c1-3-11(13,4-2)10-14-7-5-6-8(12)15-9(7)16-10/h5-6H,3-4,13H2,1-2H3,(H3,12,14,15,16). The molecular weight excluding hydrogens is 202 g/mol. The highest BCUT2D eigenvalue weighted by atomic mass is 15.0. The highest BCUT2D eigenvalue weighted by Crippen LogP contribution is 2.24. The highest BCUT2D eigenvalue weighted by molar-refractivity contribution is 5.72. The molecule has 0 saturated heterocycles. The SMILES string of the molecule is CCC(N)(CC)c1nc2nc(N)ccc2[nH]1. The molecule has 0 atom stereocenters. The molecule has 0 unspecified atom stereocenters. The molecule has 0 aromatic carbocycles. The van der Waals surface area contributed by atoms with Crippen molar-refractivity contribution in [3.63, 3.8) is 0 Å². The zero-order chi connectivity index (χ0) is 11.8. The van der Waals surface area contributed by atoms with Crippen molar-refractivity contribution in [1.29, 1.82) is 0 Å².